The molecule has 3 rings (SSSR count). The first kappa shape index (κ1) is 12.2. The standard InChI is InChI=1S/C14H17N3O2/c1-9-16-11-4-3-10(7-12(11)19-9)17-13(18)14(5-6-14)8-15-2/h3-4,7,15H,5-6,8H2,1-2H3,(H,17,18). The quantitative estimate of drug-likeness (QED) is 0.882. The van der Waals surface area contributed by atoms with Crippen LogP contribution >= 0.6 is 0 Å². The van der Waals surface area contributed by atoms with E-state index in [0.29, 0.717) is 11.5 Å². The third-order valence-corrected chi connectivity index (χ3v) is 3.60. The number of amides is 1. The number of nitrogens with zero attached hydrogens (tertiary/aromatic N) is 1. The van der Waals surface area contributed by atoms with E-state index in [-0.39, 0.29) is 11.3 Å². The van der Waals surface area contributed by atoms with E-state index in [1.807, 2.05) is 32.2 Å². The molecular weight excluding hydrogens is 242 g/mol. The summed E-state index contributed by atoms with van der Waals surface area (Å²) in [7, 11) is 1.87. The zero-order valence-electron chi connectivity index (χ0n) is 11.1. The monoisotopic (exact) mass is 259 g/mol. The van der Waals surface area contributed by atoms with Crippen LogP contribution in [0.5, 0.6) is 0 Å². The minimum atomic E-state index is -0.221. The van der Waals surface area contributed by atoms with E-state index in [4.69, 9.17) is 4.42 Å². The molecule has 19 heavy (non-hydrogen) atoms. The summed E-state index contributed by atoms with van der Waals surface area (Å²) in [5.41, 5.74) is 2.05. The second-order valence-corrected chi connectivity index (χ2v) is 5.18. The highest BCUT2D eigenvalue weighted by molar-refractivity contribution is 5.98. The van der Waals surface area contributed by atoms with E-state index in [0.717, 1.165) is 30.6 Å². The highest BCUT2D eigenvalue weighted by atomic mass is 16.3. The van der Waals surface area contributed by atoms with E-state index < -0.39 is 0 Å². The number of oxazole rings is 1. The summed E-state index contributed by atoms with van der Waals surface area (Å²) in [6, 6.07) is 5.54. The molecule has 0 aliphatic heterocycles. The summed E-state index contributed by atoms with van der Waals surface area (Å²) in [6.45, 7) is 2.53. The van der Waals surface area contributed by atoms with Crippen molar-refractivity contribution >= 4 is 22.7 Å². The molecule has 2 aromatic rings. The fourth-order valence-electron chi connectivity index (χ4n) is 2.35. The van der Waals surface area contributed by atoms with Crippen LogP contribution in [0, 0.1) is 12.3 Å². The van der Waals surface area contributed by atoms with Crippen LogP contribution in [-0.4, -0.2) is 24.5 Å². The SMILES string of the molecule is CNCC1(C(=O)Nc2ccc3nc(C)oc3c2)CC1. The second kappa shape index (κ2) is 4.35. The molecule has 1 aliphatic rings. The van der Waals surface area contributed by atoms with Crippen molar-refractivity contribution in [1.82, 2.24) is 10.3 Å². The Bertz CT molecular complexity index is 629. The molecule has 100 valence electrons. The van der Waals surface area contributed by atoms with Crippen molar-refractivity contribution in [2.75, 3.05) is 18.9 Å². The molecule has 2 N–H and O–H groups in total. The molecule has 0 bridgehead atoms. The van der Waals surface area contributed by atoms with Gasteiger partial charge in [-0.1, -0.05) is 0 Å². The Morgan fingerprint density at radius 2 is 2.26 bits per heavy atom. The summed E-state index contributed by atoms with van der Waals surface area (Å²) < 4.78 is 5.46. The minimum absolute atomic E-state index is 0.0810. The molecule has 1 aromatic carbocycles. The lowest BCUT2D eigenvalue weighted by molar-refractivity contribution is -0.120. The fourth-order valence-corrected chi connectivity index (χ4v) is 2.35. The maximum absolute atomic E-state index is 12.2. The largest absolute Gasteiger partial charge is 0.441 e. The van der Waals surface area contributed by atoms with Gasteiger partial charge in [0.2, 0.25) is 5.91 Å². The highest BCUT2D eigenvalue weighted by Gasteiger charge is 2.49. The van der Waals surface area contributed by atoms with Crippen LogP contribution in [0.3, 0.4) is 0 Å². The molecule has 0 saturated heterocycles. The van der Waals surface area contributed by atoms with Crippen LogP contribution in [0.1, 0.15) is 18.7 Å². The molecule has 1 amide bonds. The van der Waals surface area contributed by atoms with Gasteiger partial charge in [-0.2, -0.15) is 0 Å². The minimum Gasteiger partial charge on any atom is -0.441 e. The highest BCUT2D eigenvalue weighted by Crippen LogP contribution is 2.45. The summed E-state index contributed by atoms with van der Waals surface area (Å²) in [5.74, 6) is 0.713. The van der Waals surface area contributed by atoms with Gasteiger partial charge in [0.25, 0.3) is 0 Å². The third kappa shape index (κ3) is 2.21. The lowest BCUT2D eigenvalue weighted by atomic mass is 10.1. The Balaban J connectivity index is 1.79. The first-order valence-corrected chi connectivity index (χ1v) is 6.46. The van der Waals surface area contributed by atoms with Crippen LogP contribution in [0.4, 0.5) is 5.69 Å². The van der Waals surface area contributed by atoms with E-state index in [9.17, 15) is 4.79 Å². The van der Waals surface area contributed by atoms with Crippen LogP contribution < -0.4 is 10.6 Å². The Morgan fingerprint density at radius 1 is 1.47 bits per heavy atom. The normalized spacial score (nSPS) is 16.5. The number of carbonyl (C=O) groups excluding carboxylic acids is 1. The van der Waals surface area contributed by atoms with Crippen molar-refractivity contribution in [2.24, 2.45) is 5.41 Å². The number of carbonyl (C=O) groups is 1. The smallest absolute Gasteiger partial charge is 0.231 e. The van der Waals surface area contributed by atoms with Gasteiger partial charge in [0, 0.05) is 25.2 Å². The Kier molecular flexibility index (Phi) is 2.78. The first-order valence-electron chi connectivity index (χ1n) is 6.46. The van der Waals surface area contributed by atoms with Crippen LogP contribution in [0.2, 0.25) is 0 Å². The maximum Gasteiger partial charge on any atom is 0.231 e. The molecule has 5 nitrogen and oxygen atoms in total. The van der Waals surface area contributed by atoms with Crippen molar-refractivity contribution in [3.63, 3.8) is 0 Å². The number of aryl methyl sites for hydroxylation is 1. The van der Waals surface area contributed by atoms with Crippen LogP contribution in [0.25, 0.3) is 11.1 Å². The summed E-state index contributed by atoms with van der Waals surface area (Å²) in [5, 5.41) is 6.04. The second-order valence-electron chi connectivity index (χ2n) is 5.18. The maximum atomic E-state index is 12.2. The predicted octanol–water partition coefficient (Wildman–Crippen LogP) is 2.07. The van der Waals surface area contributed by atoms with Gasteiger partial charge in [-0.15, -0.1) is 0 Å². The Labute approximate surface area is 111 Å². The zero-order valence-corrected chi connectivity index (χ0v) is 11.1. The average molecular weight is 259 g/mol. The molecule has 0 unspecified atom stereocenters. The number of anilines is 1. The molecule has 5 heteroatoms. The van der Waals surface area contributed by atoms with Gasteiger partial charge in [0.1, 0.15) is 5.52 Å². The Morgan fingerprint density at radius 3 is 2.95 bits per heavy atom. The number of fused-ring (bicyclic) bond motifs is 1. The van der Waals surface area contributed by atoms with Crippen LogP contribution in [0.15, 0.2) is 22.6 Å². The van der Waals surface area contributed by atoms with Gasteiger partial charge < -0.3 is 15.1 Å². The van der Waals surface area contributed by atoms with Gasteiger partial charge in [0.05, 0.1) is 5.41 Å². The molecule has 1 heterocycles. The van der Waals surface area contributed by atoms with Crippen molar-refractivity contribution in [2.45, 2.75) is 19.8 Å². The van der Waals surface area contributed by atoms with Crippen molar-refractivity contribution in [3.8, 4) is 0 Å². The molecule has 1 aromatic heterocycles. The molecule has 0 spiro atoms. The predicted molar refractivity (Wildman–Crippen MR) is 73.0 cm³/mol. The lowest BCUT2D eigenvalue weighted by Crippen LogP contribution is -2.32. The lowest BCUT2D eigenvalue weighted by Gasteiger charge is -2.14. The van der Waals surface area contributed by atoms with Crippen LogP contribution in [-0.2, 0) is 4.79 Å². The number of hydrogen-bond acceptors (Lipinski definition) is 4. The number of rotatable bonds is 4. The fraction of sp³-hybridized carbons (Fsp3) is 0.429. The topological polar surface area (TPSA) is 67.2 Å². The summed E-state index contributed by atoms with van der Waals surface area (Å²) in [4.78, 5) is 16.5. The van der Waals surface area contributed by atoms with E-state index in [1.165, 1.54) is 0 Å². The number of aromatic nitrogens is 1. The number of nitrogens with one attached hydrogen (secondary N) is 2. The molecule has 1 saturated carbocycles. The van der Waals surface area contributed by atoms with Crippen molar-refractivity contribution in [3.05, 3.63) is 24.1 Å². The molecule has 1 fully saturated rings. The van der Waals surface area contributed by atoms with Gasteiger partial charge in [-0.05, 0) is 32.0 Å². The van der Waals surface area contributed by atoms with E-state index >= 15 is 0 Å². The van der Waals surface area contributed by atoms with Crippen molar-refractivity contribution < 1.29 is 9.21 Å². The van der Waals surface area contributed by atoms with E-state index in [2.05, 4.69) is 15.6 Å². The molecular formula is C14H17N3O2. The zero-order chi connectivity index (χ0) is 13.5. The van der Waals surface area contributed by atoms with Gasteiger partial charge in [-0.3, -0.25) is 4.79 Å². The first-order chi connectivity index (χ1) is 9.13. The number of hydrogen-bond donors (Lipinski definition) is 2. The Hall–Kier alpha value is -1.88. The number of benzene rings is 1. The van der Waals surface area contributed by atoms with Gasteiger partial charge in [-0.25, -0.2) is 4.98 Å². The third-order valence-electron chi connectivity index (χ3n) is 3.60. The summed E-state index contributed by atoms with van der Waals surface area (Å²) in [6.07, 6.45) is 1.90. The van der Waals surface area contributed by atoms with E-state index in [1.54, 1.807) is 0 Å². The van der Waals surface area contributed by atoms with Gasteiger partial charge >= 0.3 is 0 Å². The summed E-state index contributed by atoms with van der Waals surface area (Å²) >= 11 is 0. The average Bonchev–Trinajstić information content (AvgIpc) is 3.05. The van der Waals surface area contributed by atoms with Gasteiger partial charge in [0.15, 0.2) is 11.5 Å². The molecule has 0 radical (unpaired) electrons. The van der Waals surface area contributed by atoms with Crippen molar-refractivity contribution in [1.29, 1.82) is 0 Å². The molecule has 1 aliphatic carbocycles. The molecule has 0 atom stereocenters.